The highest BCUT2D eigenvalue weighted by Gasteiger charge is 2.15. The van der Waals surface area contributed by atoms with Crippen molar-refractivity contribution in [2.45, 2.75) is 19.9 Å². The Kier molecular flexibility index (Phi) is 4.57. The number of hydrogen-bond donors (Lipinski definition) is 0. The average molecular weight is 310 g/mol. The van der Waals surface area contributed by atoms with E-state index in [0.29, 0.717) is 5.49 Å². The van der Waals surface area contributed by atoms with Crippen LogP contribution >= 0.6 is 23.2 Å². The van der Waals surface area contributed by atoms with Crippen LogP contribution in [0.1, 0.15) is 24.3 Å². The molecular formula is C14H13Cl2N3O. The van der Waals surface area contributed by atoms with Gasteiger partial charge in [0.2, 0.25) is 0 Å². The Bertz CT molecular complexity index is 708. The maximum Gasteiger partial charge on any atom is 0.283 e. The first-order valence-corrected chi connectivity index (χ1v) is 6.83. The third-order valence-corrected chi connectivity index (χ3v) is 2.98. The van der Waals surface area contributed by atoms with Gasteiger partial charge in [0.05, 0.1) is 5.02 Å². The lowest BCUT2D eigenvalue weighted by molar-refractivity contribution is 0.0950. The second-order valence-electron chi connectivity index (χ2n) is 4.42. The van der Waals surface area contributed by atoms with Crippen molar-refractivity contribution in [3.8, 4) is 0 Å². The molecule has 104 valence electrons. The van der Waals surface area contributed by atoms with Crippen molar-refractivity contribution < 1.29 is 4.79 Å². The van der Waals surface area contributed by atoms with E-state index in [0.717, 1.165) is 0 Å². The molecule has 0 aliphatic rings. The molecule has 2 heterocycles. The first-order chi connectivity index (χ1) is 9.49. The van der Waals surface area contributed by atoms with Crippen LogP contribution in [-0.4, -0.2) is 21.5 Å². The third kappa shape index (κ3) is 3.26. The predicted octanol–water partition coefficient (Wildman–Crippen LogP) is 3.19. The molecule has 4 nitrogen and oxygen atoms in total. The highest BCUT2D eigenvalue weighted by molar-refractivity contribution is 6.34. The van der Waals surface area contributed by atoms with Crippen molar-refractivity contribution in [2.75, 3.05) is 0 Å². The molecule has 6 heteroatoms. The number of rotatable bonds is 2. The number of aromatic nitrogens is 2. The summed E-state index contributed by atoms with van der Waals surface area (Å²) in [5.74, 6) is -0.363. The molecule has 0 atom stereocenters. The molecular weight excluding hydrogens is 297 g/mol. The predicted molar refractivity (Wildman–Crippen MR) is 79.1 cm³/mol. The molecule has 20 heavy (non-hydrogen) atoms. The van der Waals surface area contributed by atoms with Crippen molar-refractivity contribution in [3.05, 3.63) is 57.9 Å². The lowest BCUT2D eigenvalue weighted by Crippen LogP contribution is -2.28. The lowest BCUT2D eigenvalue weighted by Gasteiger charge is -2.08. The van der Waals surface area contributed by atoms with Gasteiger partial charge in [0, 0.05) is 12.2 Å². The summed E-state index contributed by atoms with van der Waals surface area (Å²) >= 11 is 11.8. The van der Waals surface area contributed by atoms with E-state index in [2.05, 4.69) is 9.98 Å². The van der Waals surface area contributed by atoms with E-state index in [1.54, 1.807) is 24.4 Å². The standard InChI is InChI=1S/C14H13Cl2N3O/c1-9(2)17-12-5-3-4-8-19(12)14(20)13-10(15)6-7-11(16)18-13/h3-9H,1-2H3. The number of halogens is 2. The fraction of sp³-hybridized carbons (Fsp3) is 0.214. The fourth-order valence-corrected chi connectivity index (χ4v) is 1.99. The summed E-state index contributed by atoms with van der Waals surface area (Å²) in [6, 6.07) is 8.48. The SMILES string of the molecule is CC(C)N=c1ccccn1C(=O)c1nc(Cl)ccc1Cl. The van der Waals surface area contributed by atoms with E-state index in [1.807, 2.05) is 19.9 Å². The monoisotopic (exact) mass is 309 g/mol. The normalized spacial score (nSPS) is 11.9. The van der Waals surface area contributed by atoms with Crippen LogP contribution in [-0.2, 0) is 0 Å². The van der Waals surface area contributed by atoms with Crippen molar-refractivity contribution in [3.63, 3.8) is 0 Å². The van der Waals surface area contributed by atoms with Crippen LogP contribution in [0.5, 0.6) is 0 Å². The Morgan fingerprint density at radius 2 is 2.00 bits per heavy atom. The van der Waals surface area contributed by atoms with E-state index in [-0.39, 0.29) is 27.8 Å². The largest absolute Gasteiger partial charge is 0.283 e. The maximum atomic E-state index is 12.5. The summed E-state index contributed by atoms with van der Waals surface area (Å²) in [7, 11) is 0. The molecule has 0 aliphatic heterocycles. The summed E-state index contributed by atoms with van der Waals surface area (Å²) in [5.41, 5.74) is 0.654. The summed E-state index contributed by atoms with van der Waals surface area (Å²) in [5, 5.41) is 0.475. The smallest absolute Gasteiger partial charge is 0.266 e. The van der Waals surface area contributed by atoms with Crippen LogP contribution in [0.25, 0.3) is 0 Å². The van der Waals surface area contributed by atoms with Gasteiger partial charge in [-0.1, -0.05) is 29.3 Å². The van der Waals surface area contributed by atoms with Crippen molar-refractivity contribution in [1.82, 2.24) is 9.55 Å². The van der Waals surface area contributed by atoms with Crippen LogP contribution in [0.15, 0.2) is 41.5 Å². The van der Waals surface area contributed by atoms with Gasteiger partial charge in [-0.3, -0.25) is 14.4 Å². The van der Waals surface area contributed by atoms with E-state index in [1.165, 1.54) is 10.6 Å². The molecule has 0 unspecified atom stereocenters. The third-order valence-electron chi connectivity index (χ3n) is 2.46. The van der Waals surface area contributed by atoms with E-state index in [9.17, 15) is 4.79 Å². The Balaban J connectivity index is 2.57. The summed E-state index contributed by atoms with van der Waals surface area (Å²) in [6.07, 6.45) is 1.63. The van der Waals surface area contributed by atoms with Crippen LogP contribution in [0.4, 0.5) is 0 Å². The van der Waals surface area contributed by atoms with Crippen LogP contribution in [0.3, 0.4) is 0 Å². The van der Waals surface area contributed by atoms with E-state index < -0.39 is 0 Å². The van der Waals surface area contributed by atoms with Crippen molar-refractivity contribution >= 4 is 29.1 Å². The highest BCUT2D eigenvalue weighted by atomic mass is 35.5. The molecule has 2 aromatic rings. The van der Waals surface area contributed by atoms with Crippen LogP contribution in [0.2, 0.25) is 10.2 Å². The average Bonchev–Trinajstić information content (AvgIpc) is 2.41. The molecule has 0 radical (unpaired) electrons. The fourth-order valence-electron chi connectivity index (χ4n) is 1.66. The van der Waals surface area contributed by atoms with Gasteiger partial charge >= 0.3 is 0 Å². The number of pyridine rings is 2. The topological polar surface area (TPSA) is 47.2 Å². The maximum absolute atomic E-state index is 12.5. The van der Waals surface area contributed by atoms with Crippen molar-refractivity contribution in [1.29, 1.82) is 0 Å². The first-order valence-electron chi connectivity index (χ1n) is 6.07. The highest BCUT2D eigenvalue weighted by Crippen LogP contribution is 2.17. The summed E-state index contributed by atoms with van der Waals surface area (Å²) in [4.78, 5) is 20.9. The van der Waals surface area contributed by atoms with E-state index >= 15 is 0 Å². The molecule has 2 rings (SSSR count). The van der Waals surface area contributed by atoms with Crippen molar-refractivity contribution in [2.24, 2.45) is 4.99 Å². The first kappa shape index (κ1) is 14.8. The van der Waals surface area contributed by atoms with Gasteiger partial charge in [0.1, 0.15) is 16.3 Å². The second-order valence-corrected chi connectivity index (χ2v) is 5.22. The Hall–Kier alpha value is -1.65. The molecule has 0 saturated heterocycles. The molecule has 0 saturated carbocycles. The van der Waals surface area contributed by atoms with Gasteiger partial charge in [-0.05, 0) is 38.1 Å². The quantitative estimate of drug-likeness (QED) is 0.800. The Labute approximate surface area is 126 Å². The summed E-state index contributed by atoms with van der Waals surface area (Å²) < 4.78 is 1.41. The lowest BCUT2D eigenvalue weighted by atomic mass is 10.3. The van der Waals surface area contributed by atoms with Gasteiger partial charge in [-0.15, -0.1) is 0 Å². The molecule has 0 spiro atoms. The molecule has 0 fully saturated rings. The Morgan fingerprint density at radius 1 is 1.25 bits per heavy atom. The second kappa shape index (κ2) is 6.20. The van der Waals surface area contributed by atoms with Gasteiger partial charge in [-0.25, -0.2) is 4.98 Å². The minimum Gasteiger partial charge on any atom is -0.266 e. The number of carbonyl (C=O) groups is 1. The number of carbonyl (C=O) groups excluding carboxylic acids is 1. The zero-order valence-corrected chi connectivity index (χ0v) is 12.6. The minimum atomic E-state index is -0.363. The van der Waals surface area contributed by atoms with Gasteiger partial charge < -0.3 is 0 Å². The molecule has 0 aliphatic carbocycles. The molecule has 0 aromatic carbocycles. The number of hydrogen-bond acceptors (Lipinski definition) is 3. The number of nitrogens with zero attached hydrogens (tertiary/aromatic N) is 3. The minimum absolute atomic E-state index is 0.0687. The van der Waals surface area contributed by atoms with Gasteiger partial charge in [-0.2, -0.15) is 0 Å². The zero-order chi connectivity index (χ0) is 14.7. The Morgan fingerprint density at radius 3 is 2.70 bits per heavy atom. The zero-order valence-electron chi connectivity index (χ0n) is 11.0. The molecule has 0 N–H and O–H groups in total. The van der Waals surface area contributed by atoms with E-state index in [4.69, 9.17) is 23.2 Å². The van der Waals surface area contributed by atoms with Gasteiger partial charge in [0.25, 0.3) is 5.91 Å². The van der Waals surface area contributed by atoms with Gasteiger partial charge in [0.15, 0.2) is 0 Å². The molecule has 0 amide bonds. The van der Waals surface area contributed by atoms with Crippen LogP contribution in [0, 0.1) is 0 Å². The molecule has 0 bridgehead atoms. The molecule has 2 aromatic heterocycles. The van der Waals surface area contributed by atoms with Crippen LogP contribution < -0.4 is 5.49 Å². The summed E-state index contributed by atoms with van der Waals surface area (Å²) in [6.45, 7) is 3.87.